The molecule has 0 saturated carbocycles. The molecule has 1 saturated heterocycles. The predicted molar refractivity (Wildman–Crippen MR) is 353 cm³/mol. The van der Waals surface area contributed by atoms with Crippen molar-refractivity contribution in [2.24, 2.45) is 0 Å². The molecule has 11 aromatic rings. The van der Waals surface area contributed by atoms with E-state index in [1.807, 2.05) is 149 Å². The lowest BCUT2D eigenvalue weighted by Gasteiger charge is -2.32. The number of hydrogen-bond donors (Lipinski definition) is 1. The number of carbonyl (C=O) groups excluding carboxylic acids is 2. The SMILES string of the molecule is CCOC(=O)c1csc(-n2cc(B3OC(C)(C)C(C)(C)O3)c(-c3ccccc3)n2)n1.CCOC(=O)c1csc(-n2cc(Cc3ccc(S(C)(=O)=O)cc3)c(-c3ccccc3)n2)n1.CS(=O)(=O)c1ccc(Cc2cn(-c3nc(C(=O)O)cs3)nc2-c2ccccc2)cc1. The molecular formula is C65H62BN9O12S5. The van der Waals surface area contributed by atoms with Crippen LogP contribution < -0.4 is 5.46 Å². The highest BCUT2D eigenvalue weighted by Gasteiger charge is 2.53. The van der Waals surface area contributed by atoms with E-state index < -0.39 is 55.9 Å². The molecule has 0 atom stereocenters. The second-order valence-corrected chi connectivity index (χ2v) is 28.5. The minimum Gasteiger partial charge on any atom is -0.476 e. The number of carbonyl (C=O) groups is 3. The highest BCUT2D eigenvalue weighted by atomic mass is 32.2. The van der Waals surface area contributed by atoms with Crippen molar-refractivity contribution in [1.82, 2.24) is 44.3 Å². The molecule has 7 heterocycles. The standard InChI is InChI=1S/C23H21N3O4S2.C21H24BN3O4S.C21H17N3O4S2/c1-3-30-22(27)20-15-31-23(24-20)26-14-18(21(25-26)17-7-5-4-6-8-17)13-16-9-11-19(12-10-16)32(2,28)29;1-6-27-18(26)16-13-30-19(23-16)25-12-15(17(24-25)14-10-8-7-9-11-14)22-28-20(2,3)21(4,5)29-22;1-30(27,28)17-9-7-14(8-10-17)11-16-12-24(21-22-18(13-29-21)20(25)26)23-19(16)15-5-3-2-4-6-15/h4-12,14-15H,3,13H2,1-2H3;7-13H,6H2,1-5H3;2-10,12-13H,11H2,1H3,(H,25,26). The van der Waals surface area contributed by atoms with E-state index in [1.165, 1.54) is 51.9 Å². The first kappa shape index (κ1) is 65.9. The average Bonchev–Trinajstić information content (AvgIpc) is 1.62. The number of carboxylic acid groups (broad SMARTS) is 1. The Hall–Kier alpha value is -9.09. The van der Waals surface area contributed by atoms with Crippen molar-refractivity contribution in [3.63, 3.8) is 0 Å². The summed E-state index contributed by atoms with van der Waals surface area (Å²) in [7, 11) is -7.06. The maximum absolute atomic E-state index is 12.0. The maximum Gasteiger partial charge on any atom is 0.498 e. The molecule has 472 valence electrons. The lowest BCUT2D eigenvalue weighted by atomic mass is 9.78. The van der Waals surface area contributed by atoms with E-state index in [9.17, 15) is 31.2 Å². The van der Waals surface area contributed by atoms with E-state index in [0.29, 0.717) is 34.8 Å². The van der Waals surface area contributed by atoms with Crippen LogP contribution in [0.15, 0.2) is 184 Å². The lowest BCUT2D eigenvalue weighted by Crippen LogP contribution is -2.41. The van der Waals surface area contributed by atoms with Crippen LogP contribution in [0.2, 0.25) is 0 Å². The molecule has 0 spiro atoms. The molecule has 92 heavy (non-hydrogen) atoms. The third-order valence-electron chi connectivity index (χ3n) is 14.7. The van der Waals surface area contributed by atoms with E-state index in [4.69, 9.17) is 34.1 Å². The van der Waals surface area contributed by atoms with Crippen LogP contribution in [-0.4, -0.2) is 128 Å². The van der Waals surface area contributed by atoms with Gasteiger partial charge in [0.05, 0.1) is 51.3 Å². The van der Waals surface area contributed by atoms with Crippen molar-refractivity contribution in [1.29, 1.82) is 0 Å². The Labute approximate surface area is 543 Å². The average molecular weight is 1330 g/mol. The van der Waals surface area contributed by atoms with Crippen LogP contribution in [0, 0.1) is 0 Å². The van der Waals surface area contributed by atoms with Gasteiger partial charge in [-0.05, 0) is 76.9 Å². The molecule has 1 aliphatic heterocycles. The Kier molecular flexibility index (Phi) is 19.9. The minimum atomic E-state index is -3.25. The highest BCUT2D eigenvalue weighted by Crippen LogP contribution is 2.38. The molecule has 21 nitrogen and oxygen atoms in total. The molecule has 1 N–H and O–H groups in total. The second-order valence-electron chi connectivity index (χ2n) is 21.9. The molecule has 12 rings (SSSR count). The summed E-state index contributed by atoms with van der Waals surface area (Å²) in [5.41, 5.74) is 9.28. The molecule has 6 aromatic heterocycles. The van der Waals surface area contributed by atoms with E-state index in [1.54, 1.807) is 75.1 Å². The molecule has 0 radical (unpaired) electrons. The zero-order valence-corrected chi connectivity index (χ0v) is 55.2. The number of benzene rings is 5. The van der Waals surface area contributed by atoms with Gasteiger partial charge in [-0.3, -0.25) is 0 Å². The third-order valence-corrected chi connectivity index (χ3v) is 19.5. The number of sulfone groups is 2. The van der Waals surface area contributed by atoms with Crippen molar-refractivity contribution in [2.75, 3.05) is 25.7 Å². The summed E-state index contributed by atoms with van der Waals surface area (Å²) in [4.78, 5) is 48.6. The topological polar surface area (TPSA) is 269 Å². The Morgan fingerprint density at radius 1 is 0.500 bits per heavy atom. The van der Waals surface area contributed by atoms with Gasteiger partial charge in [-0.2, -0.15) is 15.3 Å². The van der Waals surface area contributed by atoms with E-state index in [0.717, 1.165) is 61.5 Å². The van der Waals surface area contributed by atoms with Gasteiger partial charge in [0.15, 0.2) is 36.8 Å². The van der Waals surface area contributed by atoms with Crippen LogP contribution >= 0.6 is 34.0 Å². The van der Waals surface area contributed by atoms with Gasteiger partial charge in [-0.15, -0.1) is 34.0 Å². The van der Waals surface area contributed by atoms with Crippen molar-refractivity contribution < 1.29 is 55.1 Å². The fourth-order valence-electron chi connectivity index (χ4n) is 9.35. The normalized spacial score (nSPS) is 13.4. The van der Waals surface area contributed by atoms with Gasteiger partial charge < -0.3 is 23.9 Å². The Morgan fingerprint density at radius 2 is 0.837 bits per heavy atom. The first-order valence-corrected chi connectivity index (χ1v) is 35.1. The van der Waals surface area contributed by atoms with Crippen LogP contribution in [-0.2, 0) is 51.3 Å². The van der Waals surface area contributed by atoms with Crippen molar-refractivity contribution in [2.45, 2.75) is 75.4 Å². The fourth-order valence-corrected chi connectivity index (χ4v) is 12.8. The monoisotopic (exact) mass is 1330 g/mol. The summed E-state index contributed by atoms with van der Waals surface area (Å²) in [6, 6.07) is 42.9. The number of rotatable bonds is 18. The number of aromatic carboxylic acids is 1. The van der Waals surface area contributed by atoms with Gasteiger partial charge in [0.25, 0.3) is 0 Å². The van der Waals surface area contributed by atoms with Crippen LogP contribution in [0.25, 0.3) is 49.2 Å². The van der Waals surface area contributed by atoms with E-state index in [2.05, 4.69) is 20.1 Å². The number of thiazole rings is 3. The summed E-state index contributed by atoms with van der Waals surface area (Å²) < 4.78 is 74.4. The summed E-state index contributed by atoms with van der Waals surface area (Å²) in [6.45, 7) is 12.2. The van der Waals surface area contributed by atoms with Crippen LogP contribution in [0.1, 0.15) is 95.3 Å². The summed E-state index contributed by atoms with van der Waals surface area (Å²) in [5, 5.41) is 29.7. The van der Waals surface area contributed by atoms with Crippen LogP contribution in [0.3, 0.4) is 0 Å². The van der Waals surface area contributed by atoms with Crippen molar-refractivity contribution >= 4 is 84.2 Å². The first-order chi connectivity index (χ1) is 43.9. The largest absolute Gasteiger partial charge is 0.498 e. The molecule has 0 unspecified atom stereocenters. The van der Waals surface area contributed by atoms with Crippen LogP contribution in [0.4, 0.5) is 0 Å². The van der Waals surface area contributed by atoms with Crippen LogP contribution in [0.5, 0.6) is 0 Å². The first-order valence-electron chi connectivity index (χ1n) is 28.7. The predicted octanol–water partition coefficient (Wildman–Crippen LogP) is 11.3. The summed E-state index contributed by atoms with van der Waals surface area (Å²) in [6.07, 6.45) is 9.04. The van der Waals surface area contributed by atoms with Gasteiger partial charge in [0.2, 0.25) is 15.4 Å². The molecule has 1 aliphatic rings. The van der Waals surface area contributed by atoms with Gasteiger partial charge in [0, 0.05) is 93.4 Å². The number of hydrogen-bond acceptors (Lipinski definition) is 20. The Balaban J connectivity index is 0.000000151. The second kappa shape index (κ2) is 27.8. The van der Waals surface area contributed by atoms with Gasteiger partial charge in [-0.1, -0.05) is 115 Å². The number of esters is 2. The maximum atomic E-state index is 12.0. The zero-order chi connectivity index (χ0) is 65.5. The van der Waals surface area contributed by atoms with Gasteiger partial charge >= 0.3 is 25.0 Å². The summed E-state index contributed by atoms with van der Waals surface area (Å²) >= 11 is 3.83. The van der Waals surface area contributed by atoms with E-state index >= 15 is 0 Å². The Morgan fingerprint density at radius 3 is 1.18 bits per heavy atom. The minimum absolute atomic E-state index is 0.0234. The Bertz CT molecular complexity index is 4630. The fraction of sp³-hybridized carbons (Fsp3) is 0.215. The number of nitrogens with zero attached hydrogens (tertiary/aromatic N) is 9. The van der Waals surface area contributed by atoms with Gasteiger partial charge in [0.1, 0.15) is 0 Å². The molecule has 0 bridgehead atoms. The lowest BCUT2D eigenvalue weighted by molar-refractivity contribution is 0.00578. The number of ether oxygens (including phenoxy) is 2. The molecule has 0 amide bonds. The van der Waals surface area contributed by atoms with Gasteiger partial charge in [-0.25, -0.2) is 60.2 Å². The third kappa shape index (κ3) is 15.4. The van der Waals surface area contributed by atoms with Crippen molar-refractivity contribution in [3.05, 3.63) is 214 Å². The number of aromatic nitrogens is 9. The quantitative estimate of drug-likeness (QED) is 0.0618. The molecule has 1 fully saturated rings. The molecule has 27 heteroatoms. The molecule has 5 aromatic carbocycles. The zero-order valence-electron chi connectivity index (χ0n) is 51.2. The molecular weight excluding hydrogens is 1270 g/mol. The smallest absolute Gasteiger partial charge is 0.476 e. The molecule has 0 aliphatic carbocycles. The highest BCUT2D eigenvalue weighted by molar-refractivity contribution is 7.91. The van der Waals surface area contributed by atoms with Crippen molar-refractivity contribution in [3.8, 4) is 49.2 Å². The number of carboxylic acids is 1. The summed E-state index contributed by atoms with van der Waals surface area (Å²) in [5.74, 6) is -1.99. The van der Waals surface area contributed by atoms with E-state index in [-0.39, 0.29) is 33.5 Å².